The zero-order chi connectivity index (χ0) is 12.7. The van der Waals surface area contributed by atoms with Crippen molar-refractivity contribution in [3.63, 3.8) is 0 Å². The van der Waals surface area contributed by atoms with Gasteiger partial charge in [-0.3, -0.25) is 0 Å². The van der Waals surface area contributed by atoms with Crippen molar-refractivity contribution < 1.29 is 13.2 Å². The Morgan fingerprint density at radius 3 is 2.47 bits per heavy atom. The molecule has 0 amide bonds. The minimum atomic E-state index is -3.40. The molecule has 0 saturated carbocycles. The summed E-state index contributed by atoms with van der Waals surface area (Å²) >= 11 is 0. The van der Waals surface area contributed by atoms with Crippen molar-refractivity contribution in [3.8, 4) is 0 Å². The van der Waals surface area contributed by atoms with E-state index in [1.165, 1.54) is 6.26 Å². The van der Waals surface area contributed by atoms with Crippen molar-refractivity contribution in [2.75, 3.05) is 0 Å². The fourth-order valence-electron chi connectivity index (χ4n) is 1.23. The number of allylic oxidation sites excluding steroid dienone is 1. The largest absolute Gasteiger partial charge is 0.494 e. The first-order valence-corrected chi connectivity index (χ1v) is 6.86. The van der Waals surface area contributed by atoms with E-state index in [1.807, 2.05) is 26.0 Å². The fraction of sp³-hybridized carbons (Fsp3) is 0.231. The Bertz CT molecular complexity index is 487. The average molecular weight is 252 g/mol. The van der Waals surface area contributed by atoms with E-state index in [0.29, 0.717) is 0 Å². The lowest BCUT2D eigenvalue weighted by atomic mass is 10.4. The maximum Gasteiger partial charge on any atom is 0.202 e. The third kappa shape index (κ3) is 4.44. The Hall–Kier alpha value is -1.55. The third-order valence-corrected chi connectivity index (χ3v) is 3.46. The van der Waals surface area contributed by atoms with Gasteiger partial charge in [0.2, 0.25) is 9.84 Å². The van der Waals surface area contributed by atoms with Gasteiger partial charge in [-0.05, 0) is 32.1 Å². The molecular weight excluding hydrogens is 236 g/mol. The molecule has 0 aliphatic heterocycles. The molecule has 3 nitrogen and oxygen atoms in total. The van der Waals surface area contributed by atoms with Crippen molar-refractivity contribution in [1.82, 2.24) is 0 Å². The van der Waals surface area contributed by atoms with Crippen molar-refractivity contribution in [3.05, 3.63) is 54.2 Å². The second kappa shape index (κ2) is 6.25. The molecule has 0 heterocycles. The number of sulfone groups is 1. The van der Waals surface area contributed by atoms with Crippen LogP contribution in [-0.4, -0.2) is 14.5 Å². The van der Waals surface area contributed by atoms with E-state index in [2.05, 4.69) is 0 Å². The smallest absolute Gasteiger partial charge is 0.202 e. The molecule has 0 aromatic heterocycles. The molecule has 1 aromatic rings. The van der Waals surface area contributed by atoms with Crippen LogP contribution < -0.4 is 0 Å². The first kappa shape index (κ1) is 13.5. The van der Waals surface area contributed by atoms with Gasteiger partial charge in [0.05, 0.1) is 16.6 Å². The molecule has 92 valence electrons. The molecule has 0 saturated heterocycles. The molecule has 0 N–H and O–H groups in total. The van der Waals surface area contributed by atoms with Gasteiger partial charge in [-0.1, -0.05) is 24.3 Å². The Balaban J connectivity index is 2.71. The zero-order valence-corrected chi connectivity index (χ0v) is 10.7. The third-order valence-electron chi connectivity index (χ3n) is 2.06. The van der Waals surface area contributed by atoms with E-state index in [0.717, 1.165) is 5.41 Å². The van der Waals surface area contributed by atoms with Gasteiger partial charge >= 0.3 is 0 Å². The lowest BCUT2D eigenvalue weighted by Crippen LogP contribution is -2.00. The van der Waals surface area contributed by atoms with Crippen LogP contribution in [0.2, 0.25) is 0 Å². The van der Waals surface area contributed by atoms with Gasteiger partial charge in [0.25, 0.3) is 0 Å². The van der Waals surface area contributed by atoms with Crippen LogP contribution in [0.25, 0.3) is 0 Å². The molecule has 0 radical (unpaired) electrons. The minimum Gasteiger partial charge on any atom is -0.494 e. The maximum atomic E-state index is 11.8. The quantitative estimate of drug-likeness (QED) is 0.598. The Kier molecular flexibility index (Phi) is 4.97. The molecule has 1 atom stereocenters. The van der Waals surface area contributed by atoms with E-state index in [4.69, 9.17) is 4.74 Å². The Morgan fingerprint density at radius 2 is 1.88 bits per heavy atom. The molecule has 1 aromatic carbocycles. The molecule has 1 unspecified atom stereocenters. The summed E-state index contributed by atoms with van der Waals surface area (Å²) in [5, 5.41) is 1.07. The summed E-state index contributed by atoms with van der Waals surface area (Å²) in [6.45, 7) is 3.71. The van der Waals surface area contributed by atoms with Crippen molar-refractivity contribution in [2.45, 2.75) is 24.8 Å². The topological polar surface area (TPSA) is 43.4 Å². The molecule has 17 heavy (non-hydrogen) atoms. The lowest BCUT2D eigenvalue weighted by Gasteiger charge is -2.05. The van der Waals surface area contributed by atoms with Gasteiger partial charge in [-0.25, -0.2) is 8.42 Å². The molecule has 0 bridgehead atoms. The predicted molar refractivity (Wildman–Crippen MR) is 68.1 cm³/mol. The van der Waals surface area contributed by atoms with E-state index in [-0.39, 0.29) is 11.0 Å². The molecule has 4 heteroatoms. The van der Waals surface area contributed by atoms with Gasteiger partial charge in [0.1, 0.15) is 6.10 Å². The van der Waals surface area contributed by atoms with Gasteiger partial charge in [0.15, 0.2) is 0 Å². The van der Waals surface area contributed by atoms with Crippen LogP contribution in [0.3, 0.4) is 0 Å². The van der Waals surface area contributed by atoms with E-state index in [1.54, 1.807) is 30.3 Å². The Labute approximate surface area is 102 Å². The first-order valence-electron chi connectivity index (χ1n) is 5.31. The highest BCUT2D eigenvalue weighted by molar-refractivity contribution is 7.94. The summed E-state index contributed by atoms with van der Waals surface area (Å²) in [7, 11) is -3.40. The molecule has 1 rings (SSSR count). The standard InChI is InChI=1S/C13H16O3S/c1-3-7-12(2)16-10-11-17(14,15)13-8-5-4-6-9-13/h3-12H,1-2H3/b7-3+,11-10-. The molecule has 0 spiro atoms. The molecule has 0 fully saturated rings. The van der Waals surface area contributed by atoms with Crippen LogP contribution >= 0.6 is 0 Å². The lowest BCUT2D eigenvalue weighted by molar-refractivity contribution is 0.204. The summed E-state index contributed by atoms with van der Waals surface area (Å²) < 4.78 is 28.8. The van der Waals surface area contributed by atoms with Crippen LogP contribution in [0.5, 0.6) is 0 Å². The summed E-state index contributed by atoms with van der Waals surface area (Å²) in [6.07, 6.45) is 4.76. The summed E-state index contributed by atoms with van der Waals surface area (Å²) in [5.74, 6) is 0. The van der Waals surface area contributed by atoms with Gasteiger partial charge in [0, 0.05) is 0 Å². The number of hydrogen-bond donors (Lipinski definition) is 0. The summed E-state index contributed by atoms with van der Waals surface area (Å²) in [6, 6.07) is 8.24. The zero-order valence-electron chi connectivity index (χ0n) is 9.91. The SMILES string of the molecule is C/C=C/C(C)O/C=C\S(=O)(=O)c1ccccc1. The monoisotopic (exact) mass is 252 g/mol. The van der Waals surface area contributed by atoms with Crippen molar-refractivity contribution in [1.29, 1.82) is 0 Å². The van der Waals surface area contributed by atoms with Gasteiger partial charge in [-0.2, -0.15) is 0 Å². The van der Waals surface area contributed by atoms with Crippen LogP contribution in [0.15, 0.2) is 59.0 Å². The normalized spacial score (nSPS) is 14.2. The molecule has 0 aliphatic carbocycles. The van der Waals surface area contributed by atoms with E-state index >= 15 is 0 Å². The highest BCUT2D eigenvalue weighted by Gasteiger charge is 2.08. The second-order valence-electron chi connectivity index (χ2n) is 3.50. The summed E-state index contributed by atoms with van der Waals surface area (Å²) in [4.78, 5) is 0.263. The fourth-order valence-corrected chi connectivity index (χ4v) is 2.14. The highest BCUT2D eigenvalue weighted by atomic mass is 32.2. The van der Waals surface area contributed by atoms with Crippen molar-refractivity contribution in [2.24, 2.45) is 0 Å². The van der Waals surface area contributed by atoms with E-state index < -0.39 is 9.84 Å². The maximum absolute atomic E-state index is 11.8. The van der Waals surface area contributed by atoms with Crippen LogP contribution in [0.4, 0.5) is 0 Å². The van der Waals surface area contributed by atoms with Gasteiger partial charge in [-0.15, -0.1) is 0 Å². The van der Waals surface area contributed by atoms with Crippen molar-refractivity contribution >= 4 is 9.84 Å². The number of benzene rings is 1. The molecular formula is C13H16O3S. The van der Waals surface area contributed by atoms with Crippen LogP contribution in [0.1, 0.15) is 13.8 Å². The molecule has 0 aliphatic rings. The highest BCUT2D eigenvalue weighted by Crippen LogP contribution is 2.11. The van der Waals surface area contributed by atoms with Crippen LogP contribution in [-0.2, 0) is 14.6 Å². The summed E-state index contributed by atoms with van der Waals surface area (Å²) in [5.41, 5.74) is 0. The van der Waals surface area contributed by atoms with Gasteiger partial charge < -0.3 is 4.74 Å². The predicted octanol–water partition coefficient (Wildman–Crippen LogP) is 2.91. The first-order chi connectivity index (χ1) is 8.06. The number of rotatable bonds is 5. The number of hydrogen-bond acceptors (Lipinski definition) is 3. The second-order valence-corrected chi connectivity index (χ2v) is 5.33. The Morgan fingerprint density at radius 1 is 1.24 bits per heavy atom. The number of ether oxygens (including phenoxy) is 1. The average Bonchev–Trinajstić information content (AvgIpc) is 2.30. The van der Waals surface area contributed by atoms with Crippen LogP contribution in [0, 0.1) is 0 Å². The van der Waals surface area contributed by atoms with E-state index in [9.17, 15) is 8.42 Å². The minimum absolute atomic E-state index is 0.137.